The van der Waals surface area contributed by atoms with Gasteiger partial charge < -0.3 is 15.0 Å². The van der Waals surface area contributed by atoms with Crippen molar-refractivity contribution in [2.45, 2.75) is 19.4 Å². The highest BCUT2D eigenvalue weighted by Crippen LogP contribution is 2.27. The maximum atomic E-state index is 12.9. The Labute approximate surface area is 149 Å². The van der Waals surface area contributed by atoms with Gasteiger partial charge in [0, 0.05) is 37.0 Å². The Balaban J connectivity index is 0.00000208. The molecule has 0 unspecified atom stereocenters. The molecule has 1 N–H and O–H groups in total. The summed E-state index contributed by atoms with van der Waals surface area (Å²) in [6, 6.07) is 13.7. The maximum absolute atomic E-state index is 12.9. The summed E-state index contributed by atoms with van der Waals surface area (Å²) in [5.74, 6) is 0.861. The molecule has 2 aromatic carbocycles. The highest BCUT2D eigenvalue weighted by atomic mass is 35.5. The fourth-order valence-electron chi connectivity index (χ4n) is 3.08. The second kappa shape index (κ2) is 8.06. The third kappa shape index (κ3) is 3.65. The number of benzene rings is 2. The van der Waals surface area contributed by atoms with E-state index in [2.05, 4.69) is 5.32 Å². The van der Waals surface area contributed by atoms with Crippen LogP contribution in [0.1, 0.15) is 27.9 Å². The van der Waals surface area contributed by atoms with Crippen LogP contribution in [-0.2, 0) is 13.0 Å². The normalized spacial score (nSPS) is 12.4. The summed E-state index contributed by atoms with van der Waals surface area (Å²) in [7, 11) is 3.49. The van der Waals surface area contributed by atoms with E-state index in [1.54, 1.807) is 12.0 Å². The topological polar surface area (TPSA) is 41.6 Å². The first kappa shape index (κ1) is 18.1. The number of anilines is 1. The fraction of sp³-hybridized carbons (Fsp3) is 0.316. The molecule has 0 aliphatic carbocycles. The van der Waals surface area contributed by atoms with Crippen LogP contribution < -0.4 is 10.1 Å². The number of nitrogens with one attached hydrogen (secondary N) is 1. The Bertz CT molecular complexity index is 718. The number of hydrogen-bond acceptors (Lipinski definition) is 3. The lowest BCUT2D eigenvalue weighted by Gasteiger charge is -2.24. The van der Waals surface area contributed by atoms with E-state index < -0.39 is 0 Å². The molecule has 24 heavy (non-hydrogen) atoms. The molecule has 0 saturated carbocycles. The molecular formula is C19H23ClN2O2. The second-order valence-electron chi connectivity index (χ2n) is 5.84. The van der Waals surface area contributed by atoms with Gasteiger partial charge in [0.25, 0.3) is 5.91 Å². The van der Waals surface area contributed by atoms with Crippen molar-refractivity contribution in [1.29, 1.82) is 0 Å². The first-order valence-electron chi connectivity index (χ1n) is 7.94. The zero-order valence-electron chi connectivity index (χ0n) is 14.0. The van der Waals surface area contributed by atoms with Gasteiger partial charge in [-0.15, -0.1) is 12.4 Å². The first-order chi connectivity index (χ1) is 11.2. The molecule has 0 aromatic heterocycles. The minimum atomic E-state index is 0. The highest BCUT2D eigenvalue weighted by molar-refractivity contribution is 5.97. The zero-order chi connectivity index (χ0) is 16.2. The molecule has 0 bridgehead atoms. The van der Waals surface area contributed by atoms with Crippen molar-refractivity contribution in [2.24, 2.45) is 0 Å². The van der Waals surface area contributed by atoms with Crippen LogP contribution in [0.2, 0.25) is 0 Å². The van der Waals surface area contributed by atoms with Crippen molar-refractivity contribution < 1.29 is 9.53 Å². The van der Waals surface area contributed by atoms with Crippen molar-refractivity contribution in [3.05, 3.63) is 59.2 Å². The maximum Gasteiger partial charge on any atom is 0.254 e. The Morgan fingerprint density at radius 1 is 1.21 bits per heavy atom. The quantitative estimate of drug-likeness (QED) is 0.916. The molecule has 128 valence electrons. The SMILES string of the molecule is COc1ccccc1CN(C)C(=O)c1cccc2c1CCCN2.Cl. The van der Waals surface area contributed by atoms with E-state index in [-0.39, 0.29) is 18.3 Å². The molecule has 1 heterocycles. The molecule has 0 spiro atoms. The molecule has 2 aromatic rings. The number of carbonyl (C=O) groups excluding carboxylic acids is 1. The van der Waals surface area contributed by atoms with Crippen LogP contribution in [0.5, 0.6) is 5.75 Å². The summed E-state index contributed by atoms with van der Waals surface area (Å²) in [6.07, 6.45) is 2.01. The fourth-order valence-corrected chi connectivity index (χ4v) is 3.08. The van der Waals surface area contributed by atoms with Crippen molar-refractivity contribution in [2.75, 3.05) is 26.0 Å². The first-order valence-corrected chi connectivity index (χ1v) is 7.94. The van der Waals surface area contributed by atoms with Crippen LogP contribution in [0, 0.1) is 0 Å². The van der Waals surface area contributed by atoms with Crippen LogP contribution in [0.3, 0.4) is 0 Å². The number of nitrogens with zero attached hydrogens (tertiary/aromatic N) is 1. The number of methoxy groups -OCH3 is 1. The van der Waals surface area contributed by atoms with Crippen LogP contribution in [0.15, 0.2) is 42.5 Å². The minimum Gasteiger partial charge on any atom is -0.496 e. The minimum absolute atomic E-state index is 0. The van der Waals surface area contributed by atoms with Crippen molar-refractivity contribution in [3.63, 3.8) is 0 Å². The Kier molecular flexibility index (Phi) is 6.10. The average molecular weight is 347 g/mol. The van der Waals surface area contributed by atoms with Crippen LogP contribution in [-0.4, -0.2) is 31.5 Å². The third-order valence-electron chi connectivity index (χ3n) is 4.27. The summed E-state index contributed by atoms with van der Waals surface area (Å²) in [6.45, 7) is 1.50. The average Bonchev–Trinajstić information content (AvgIpc) is 2.61. The number of rotatable bonds is 4. The van der Waals surface area contributed by atoms with E-state index in [4.69, 9.17) is 4.74 Å². The number of halogens is 1. The monoisotopic (exact) mass is 346 g/mol. The summed E-state index contributed by atoms with van der Waals surface area (Å²) < 4.78 is 5.37. The van der Waals surface area contributed by atoms with Gasteiger partial charge in [0.15, 0.2) is 0 Å². The Morgan fingerprint density at radius 2 is 2.00 bits per heavy atom. The van der Waals surface area contributed by atoms with Crippen molar-refractivity contribution >= 4 is 24.0 Å². The molecule has 0 radical (unpaired) electrons. The molecule has 5 heteroatoms. The number of hydrogen-bond donors (Lipinski definition) is 1. The van der Waals surface area contributed by atoms with Crippen molar-refractivity contribution in [1.82, 2.24) is 4.90 Å². The van der Waals surface area contributed by atoms with Crippen LogP contribution in [0.25, 0.3) is 0 Å². The molecule has 0 saturated heterocycles. The number of amides is 1. The summed E-state index contributed by atoms with van der Waals surface area (Å²) >= 11 is 0. The molecule has 3 rings (SSSR count). The van der Waals surface area contributed by atoms with Crippen LogP contribution >= 0.6 is 12.4 Å². The highest BCUT2D eigenvalue weighted by Gasteiger charge is 2.20. The number of fused-ring (bicyclic) bond motifs is 1. The van der Waals surface area contributed by atoms with E-state index in [1.807, 2.05) is 49.5 Å². The van der Waals surface area contributed by atoms with Gasteiger partial charge in [-0.1, -0.05) is 24.3 Å². The van der Waals surface area contributed by atoms with Crippen molar-refractivity contribution in [3.8, 4) is 5.75 Å². The zero-order valence-corrected chi connectivity index (χ0v) is 14.9. The molecular weight excluding hydrogens is 324 g/mol. The van der Waals surface area contributed by atoms with Gasteiger partial charge in [0.1, 0.15) is 5.75 Å². The number of para-hydroxylation sites is 1. The van der Waals surface area contributed by atoms with Gasteiger partial charge in [-0.05, 0) is 36.6 Å². The standard InChI is InChI=1S/C19H22N2O2.ClH/c1-21(13-14-7-3-4-11-18(14)23-2)19(22)16-8-5-10-17-15(16)9-6-12-20-17;/h3-5,7-8,10-11,20H,6,9,12-13H2,1-2H3;1H. The molecule has 1 aliphatic rings. The predicted octanol–water partition coefficient (Wildman–Crippen LogP) is 3.75. The van der Waals surface area contributed by atoms with Gasteiger partial charge in [-0.25, -0.2) is 0 Å². The number of ether oxygens (including phenoxy) is 1. The Morgan fingerprint density at radius 3 is 2.79 bits per heavy atom. The summed E-state index contributed by atoms with van der Waals surface area (Å²) in [4.78, 5) is 14.6. The number of carbonyl (C=O) groups is 1. The van der Waals surface area contributed by atoms with Gasteiger partial charge in [0.2, 0.25) is 0 Å². The third-order valence-corrected chi connectivity index (χ3v) is 4.27. The molecule has 0 fully saturated rings. The lowest BCUT2D eigenvalue weighted by atomic mass is 9.97. The van der Waals surface area contributed by atoms with E-state index >= 15 is 0 Å². The van der Waals surface area contributed by atoms with Gasteiger partial charge in [-0.3, -0.25) is 4.79 Å². The summed E-state index contributed by atoms with van der Waals surface area (Å²) in [5, 5.41) is 3.37. The lowest BCUT2D eigenvalue weighted by Crippen LogP contribution is -2.28. The molecule has 0 atom stereocenters. The van der Waals surface area contributed by atoms with E-state index in [0.717, 1.165) is 47.5 Å². The van der Waals surface area contributed by atoms with Gasteiger partial charge >= 0.3 is 0 Å². The Hall–Kier alpha value is -2.20. The predicted molar refractivity (Wildman–Crippen MR) is 99.3 cm³/mol. The lowest BCUT2D eigenvalue weighted by molar-refractivity contribution is 0.0783. The molecule has 1 aliphatic heterocycles. The van der Waals surface area contributed by atoms with E-state index in [1.165, 1.54) is 0 Å². The van der Waals surface area contributed by atoms with E-state index in [9.17, 15) is 4.79 Å². The largest absolute Gasteiger partial charge is 0.496 e. The smallest absolute Gasteiger partial charge is 0.254 e. The van der Waals surface area contributed by atoms with Gasteiger partial charge in [-0.2, -0.15) is 0 Å². The molecule has 1 amide bonds. The van der Waals surface area contributed by atoms with E-state index in [0.29, 0.717) is 6.54 Å². The summed E-state index contributed by atoms with van der Waals surface area (Å²) in [5.41, 5.74) is 4.03. The second-order valence-corrected chi connectivity index (χ2v) is 5.84. The van der Waals surface area contributed by atoms with Gasteiger partial charge in [0.05, 0.1) is 7.11 Å². The molecule has 4 nitrogen and oxygen atoms in total. The van der Waals surface area contributed by atoms with Crippen LogP contribution in [0.4, 0.5) is 5.69 Å².